The summed E-state index contributed by atoms with van der Waals surface area (Å²) in [5, 5.41) is 0. The molecule has 0 aromatic carbocycles. The molecule has 7 heteroatoms. The Morgan fingerprint density at radius 2 is 2.21 bits per heavy atom. The summed E-state index contributed by atoms with van der Waals surface area (Å²) < 4.78 is 42.9. The minimum Gasteiger partial charge on any atom is -0.493 e. The molecule has 1 aromatic rings. The van der Waals surface area contributed by atoms with E-state index in [0.29, 0.717) is 12.4 Å². The van der Waals surface area contributed by atoms with E-state index in [1.165, 1.54) is 7.11 Å². The molecule has 1 aliphatic heterocycles. The van der Waals surface area contributed by atoms with Crippen LogP contribution in [0.25, 0.3) is 0 Å². The molecule has 4 nitrogen and oxygen atoms in total. The summed E-state index contributed by atoms with van der Waals surface area (Å²) in [4.78, 5) is 5.77. The van der Waals surface area contributed by atoms with Gasteiger partial charge in [-0.3, -0.25) is 0 Å². The van der Waals surface area contributed by atoms with Crippen LogP contribution in [-0.4, -0.2) is 31.2 Å². The number of halogens is 3. The van der Waals surface area contributed by atoms with Crippen molar-refractivity contribution in [3.05, 3.63) is 17.8 Å². The molecule has 0 spiro atoms. The monoisotopic (exact) mass is 275 g/mol. The molecule has 106 valence electrons. The third-order valence-electron chi connectivity index (χ3n) is 3.14. The molecule has 0 saturated carbocycles. The van der Waals surface area contributed by atoms with Gasteiger partial charge in [0.2, 0.25) is 0 Å². The number of alkyl halides is 3. The van der Waals surface area contributed by atoms with Crippen molar-refractivity contribution >= 4 is 5.82 Å². The zero-order valence-corrected chi connectivity index (χ0v) is 10.6. The van der Waals surface area contributed by atoms with E-state index >= 15 is 0 Å². The number of anilines is 1. The topological polar surface area (TPSA) is 51.4 Å². The van der Waals surface area contributed by atoms with E-state index in [4.69, 9.17) is 10.5 Å². The van der Waals surface area contributed by atoms with Crippen molar-refractivity contribution in [3.63, 3.8) is 0 Å². The molecule has 1 atom stereocenters. The summed E-state index contributed by atoms with van der Waals surface area (Å²) >= 11 is 0. The van der Waals surface area contributed by atoms with Crippen molar-refractivity contribution in [2.24, 2.45) is 5.73 Å². The molecule has 1 saturated heterocycles. The van der Waals surface area contributed by atoms with Crippen LogP contribution in [0.15, 0.2) is 12.3 Å². The van der Waals surface area contributed by atoms with Crippen LogP contribution >= 0.6 is 0 Å². The average Bonchev–Trinajstić information content (AvgIpc) is 2.37. The van der Waals surface area contributed by atoms with E-state index in [1.807, 2.05) is 4.90 Å². The molecule has 0 unspecified atom stereocenters. The highest BCUT2D eigenvalue weighted by Gasteiger charge is 2.32. The average molecular weight is 275 g/mol. The largest absolute Gasteiger partial charge is 0.493 e. The second kappa shape index (κ2) is 5.24. The third kappa shape index (κ3) is 3.09. The Morgan fingerprint density at radius 3 is 2.79 bits per heavy atom. The molecule has 0 amide bonds. The van der Waals surface area contributed by atoms with Gasteiger partial charge in [0.15, 0.2) is 11.6 Å². The Kier molecular flexibility index (Phi) is 3.84. The van der Waals surface area contributed by atoms with Crippen LogP contribution in [0.2, 0.25) is 0 Å². The number of hydrogen-bond donors (Lipinski definition) is 1. The Balaban J connectivity index is 2.30. The van der Waals surface area contributed by atoms with Crippen LogP contribution in [0.5, 0.6) is 5.75 Å². The van der Waals surface area contributed by atoms with E-state index in [1.54, 1.807) is 0 Å². The molecule has 19 heavy (non-hydrogen) atoms. The maximum Gasteiger partial charge on any atom is 0.418 e. The van der Waals surface area contributed by atoms with Gasteiger partial charge < -0.3 is 15.4 Å². The minimum absolute atomic E-state index is 0.0162. The van der Waals surface area contributed by atoms with E-state index in [2.05, 4.69) is 4.98 Å². The highest BCUT2D eigenvalue weighted by atomic mass is 19.4. The number of pyridine rings is 1. The normalized spacial score (nSPS) is 20.5. The van der Waals surface area contributed by atoms with E-state index in [-0.39, 0.29) is 11.8 Å². The van der Waals surface area contributed by atoms with Crippen LogP contribution in [0, 0.1) is 0 Å². The van der Waals surface area contributed by atoms with Gasteiger partial charge in [-0.15, -0.1) is 0 Å². The van der Waals surface area contributed by atoms with Gasteiger partial charge in [0.25, 0.3) is 0 Å². The van der Waals surface area contributed by atoms with Crippen molar-refractivity contribution in [3.8, 4) is 5.75 Å². The maximum absolute atomic E-state index is 12.6. The first-order chi connectivity index (χ1) is 8.91. The lowest BCUT2D eigenvalue weighted by atomic mass is 10.1. The van der Waals surface area contributed by atoms with Crippen LogP contribution < -0.4 is 15.4 Å². The highest BCUT2D eigenvalue weighted by Crippen LogP contribution is 2.35. The zero-order valence-electron chi connectivity index (χ0n) is 10.6. The van der Waals surface area contributed by atoms with Crippen LogP contribution in [0.3, 0.4) is 0 Å². The number of ether oxygens (including phenoxy) is 1. The zero-order chi connectivity index (χ0) is 14.0. The predicted octanol–water partition coefficient (Wildman–Crippen LogP) is 2.04. The van der Waals surface area contributed by atoms with E-state index < -0.39 is 11.7 Å². The lowest BCUT2D eigenvalue weighted by Crippen LogP contribution is -2.43. The van der Waals surface area contributed by atoms with Gasteiger partial charge in [0, 0.05) is 25.3 Å². The van der Waals surface area contributed by atoms with Crippen molar-refractivity contribution in [1.82, 2.24) is 4.98 Å². The summed E-state index contributed by atoms with van der Waals surface area (Å²) in [5.74, 6) is 0.551. The molecule has 0 bridgehead atoms. The number of rotatable bonds is 2. The molecule has 0 aliphatic carbocycles. The first-order valence-corrected chi connectivity index (χ1v) is 6.03. The number of nitrogens with zero attached hydrogens (tertiary/aromatic N) is 2. The molecule has 2 rings (SSSR count). The summed E-state index contributed by atoms with van der Waals surface area (Å²) in [6, 6.07) is 0.991. The fraction of sp³-hybridized carbons (Fsp3) is 0.583. The van der Waals surface area contributed by atoms with Gasteiger partial charge in [-0.05, 0) is 18.9 Å². The smallest absolute Gasteiger partial charge is 0.418 e. The molecule has 1 aliphatic rings. The predicted molar refractivity (Wildman–Crippen MR) is 65.2 cm³/mol. The second-order valence-corrected chi connectivity index (χ2v) is 4.60. The van der Waals surface area contributed by atoms with E-state index in [0.717, 1.165) is 31.6 Å². The van der Waals surface area contributed by atoms with Gasteiger partial charge >= 0.3 is 6.18 Å². The Bertz CT molecular complexity index is 450. The summed E-state index contributed by atoms with van der Waals surface area (Å²) in [7, 11) is 1.34. The van der Waals surface area contributed by atoms with Crippen LogP contribution in [-0.2, 0) is 6.18 Å². The standard InChI is InChI=1S/C12H16F3N3O/c1-19-10-5-8(12(13,14)15)6-17-11(10)18-4-2-3-9(16)7-18/h5-6,9H,2-4,7,16H2,1H3/t9-/m1/s1. The molecular formula is C12H16F3N3O. The van der Waals surface area contributed by atoms with Crippen molar-refractivity contribution in [2.45, 2.75) is 25.1 Å². The quantitative estimate of drug-likeness (QED) is 0.897. The van der Waals surface area contributed by atoms with Gasteiger partial charge in [-0.25, -0.2) is 4.98 Å². The second-order valence-electron chi connectivity index (χ2n) is 4.60. The van der Waals surface area contributed by atoms with Gasteiger partial charge in [0.05, 0.1) is 12.7 Å². The molecule has 2 N–H and O–H groups in total. The van der Waals surface area contributed by atoms with Crippen molar-refractivity contribution in [2.75, 3.05) is 25.1 Å². The van der Waals surface area contributed by atoms with E-state index in [9.17, 15) is 13.2 Å². The third-order valence-corrected chi connectivity index (χ3v) is 3.14. The van der Waals surface area contributed by atoms with Gasteiger partial charge in [-0.2, -0.15) is 13.2 Å². The first kappa shape index (κ1) is 13.9. The molecule has 0 radical (unpaired) electrons. The Labute approximate surface area is 109 Å². The first-order valence-electron chi connectivity index (χ1n) is 6.03. The van der Waals surface area contributed by atoms with Gasteiger partial charge in [-0.1, -0.05) is 0 Å². The fourth-order valence-corrected chi connectivity index (χ4v) is 2.18. The SMILES string of the molecule is COc1cc(C(F)(F)F)cnc1N1CCC[C@@H](N)C1. The van der Waals surface area contributed by atoms with Crippen LogP contribution in [0.1, 0.15) is 18.4 Å². The molecular weight excluding hydrogens is 259 g/mol. The summed E-state index contributed by atoms with van der Waals surface area (Å²) in [5.41, 5.74) is 5.05. The Hall–Kier alpha value is -1.50. The maximum atomic E-state index is 12.6. The lowest BCUT2D eigenvalue weighted by molar-refractivity contribution is -0.137. The fourth-order valence-electron chi connectivity index (χ4n) is 2.18. The lowest BCUT2D eigenvalue weighted by Gasteiger charge is -2.32. The molecule has 1 aromatic heterocycles. The molecule has 2 heterocycles. The number of piperidine rings is 1. The number of hydrogen-bond acceptors (Lipinski definition) is 4. The minimum atomic E-state index is -4.42. The number of nitrogens with two attached hydrogens (primary N) is 1. The highest BCUT2D eigenvalue weighted by molar-refractivity contribution is 5.54. The van der Waals surface area contributed by atoms with Crippen molar-refractivity contribution < 1.29 is 17.9 Å². The number of aromatic nitrogens is 1. The summed E-state index contributed by atoms with van der Waals surface area (Å²) in [6.45, 7) is 1.30. The van der Waals surface area contributed by atoms with Crippen LogP contribution in [0.4, 0.5) is 19.0 Å². The van der Waals surface area contributed by atoms with Crippen molar-refractivity contribution in [1.29, 1.82) is 0 Å². The Morgan fingerprint density at radius 1 is 1.47 bits per heavy atom. The van der Waals surface area contributed by atoms with Gasteiger partial charge in [0.1, 0.15) is 0 Å². The molecule has 1 fully saturated rings. The summed E-state index contributed by atoms with van der Waals surface area (Å²) in [6.07, 6.45) is -1.78. The number of methoxy groups -OCH3 is 1.